The van der Waals surface area contributed by atoms with Crippen molar-refractivity contribution >= 4 is 10.9 Å². The molecule has 1 aromatic carbocycles. The summed E-state index contributed by atoms with van der Waals surface area (Å²) in [5.74, 6) is -0.248. The lowest BCUT2D eigenvalue weighted by Crippen LogP contribution is -1.95. The summed E-state index contributed by atoms with van der Waals surface area (Å²) in [6.07, 6.45) is 5.21. The number of rotatable bonds is 1. The van der Waals surface area contributed by atoms with Gasteiger partial charge in [0.2, 0.25) is 0 Å². The van der Waals surface area contributed by atoms with E-state index in [4.69, 9.17) is 0 Å². The fourth-order valence-electron chi connectivity index (χ4n) is 1.66. The van der Waals surface area contributed by atoms with Gasteiger partial charge < -0.3 is 0 Å². The van der Waals surface area contributed by atoms with E-state index in [2.05, 4.69) is 10.1 Å². The van der Waals surface area contributed by atoms with Crippen molar-refractivity contribution in [2.75, 3.05) is 0 Å². The van der Waals surface area contributed by atoms with E-state index in [0.29, 0.717) is 0 Å². The third-order valence-corrected chi connectivity index (χ3v) is 2.44. The highest BCUT2D eigenvalue weighted by Crippen LogP contribution is 2.16. The van der Waals surface area contributed by atoms with Crippen molar-refractivity contribution < 1.29 is 4.39 Å². The molecule has 0 amide bonds. The van der Waals surface area contributed by atoms with Crippen LogP contribution in [0.25, 0.3) is 16.6 Å². The van der Waals surface area contributed by atoms with Crippen LogP contribution in [0.5, 0.6) is 0 Å². The molecule has 0 saturated heterocycles. The Labute approximate surface area is 91.2 Å². The topological polar surface area (TPSA) is 30.7 Å². The molecule has 4 heteroatoms. The van der Waals surface area contributed by atoms with Gasteiger partial charge in [-0.1, -0.05) is 0 Å². The van der Waals surface area contributed by atoms with Crippen molar-refractivity contribution in [2.45, 2.75) is 0 Å². The first-order valence-corrected chi connectivity index (χ1v) is 4.88. The Hall–Kier alpha value is -2.23. The number of benzene rings is 1. The van der Waals surface area contributed by atoms with Crippen LogP contribution in [0.1, 0.15) is 0 Å². The summed E-state index contributed by atoms with van der Waals surface area (Å²) >= 11 is 0. The van der Waals surface area contributed by atoms with E-state index in [0.717, 1.165) is 16.6 Å². The number of nitrogens with zero attached hydrogens (tertiary/aromatic N) is 3. The van der Waals surface area contributed by atoms with E-state index in [1.807, 2.05) is 6.07 Å². The summed E-state index contributed by atoms with van der Waals surface area (Å²) in [7, 11) is 0. The summed E-state index contributed by atoms with van der Waals surface area (Å²) < 4.78 is 14.6. The molecule has 3 rings (SSSR count). The standard InChI is InChI=1S/C12H8FN3/c13-10-1-3-11(4-2-10)16-12-5-6-14-7-9(12)8-15-16/h1-8H. The molecular formula is C12H8FN3. The Morgan fingerprint density at radius 1 is 1.00 bits per heavy atom. The lowest BCUT2D eigenvalue weighted by atomic mass is 10.3. The molecule has 2 heterocycles. The molecule has 0 radical (unpaired) electrons. The molecule has 0 fully saturated rings. The van der Waals surface area contributed by atoms with Crippen LogP contribution in [0.3, 0.4) is 0 Å². The normalized spacial score (nSPS) is 10.8. The lowest BCUT2D eigenvalue weighted by molar-refractivity contribution is 0.627. The third-order valence-electron chi connectivity index (χ3n) is 2.44. The van der Waals surface area contributed by atoms with Crippen LogP contribution < -0.4 is 0 Å². The van der Waals surface area contributed by atoms with E-state index in [9.17, 15) is 4.39 Å². The first-order chi connectivity index (χ1) is 7.84. The molecule has 0 bridgehead atoms. The highest BCUT2D eigenvalue weighted by Gasteiger charge is 2.03. The van der Waals surface area contributed by atoms with Gasteiger partial charge in [-0.2, -0.15) is 5.10 Å². The molecule has 2 aromatic heterocycles. The number of fused-ring (bicyclic) bond motifs is 1. The van der Waals surface area contributed by atoms with Gasteiger partial charge in [0, 0.05) is 17.8 Å². The smallest absolute Gasteiger partial charge is 0.123 e. The number of halogens is 1. The van der Waals surface area contributed by atoms with Crippen molar-refractivity contribution in [3.8, 4) is 5.69 Å². The maximum absolute atomic E-state index is 12.8. The largest absolute Gasteiger partial charge is 0.264 e. The molecule has 0 aliphatic heterocycles. The Morgan fingerprint density at radius 2 is 1.81 bits per heavy atom. The SMILES string of the molecule is Fc1ccc(-n2ncc3cnccc32)cc1. The Bertz CT molecular complexity index is 628. The predicted octanol–water partition coefficient (Wildman–Crippen LogP) is 2.56. The first-order valence-electron chi connectivity index (χ1n) is 4.88. The number of aromatic nitrogens is 3. The summed E-state index contributed by atoms with van der Waals surface area (Å²) in [4.78, 5) is 4.02. The van der Waals surface area contributed by atoms with Crippen LogP contribution in [-0.4, -0.2) is 14.8 Å². The van der Waals surface area contributed by atoms with Gasteiger partial charge >= 0.3 is 0 Å². The average molecular weight is 213 g/mol. The summed E-state index contributed by atoms with van der Waals surface area (Å²) in [6, 6.07) is 8.12. The molecule has 0 unspecified atom stereocenters. The Balaban J connectivity index is 2.22. The van der Waals surface area contributed by atoms with E-state index in [-0.39, 0.29) is 5.82 Å². The monoisotopic (exact) mass is 213 g/mol. The minimum atomic E-state index is -0.248. The van der Waals surface area contributed by atoms with Crippen molar-refractivity contribution in [2.24, 2.45) is 0 Å². The highest BCUT2D eigenvalue weighted by atomic mass is 19.1. The van der Waals surface area contributed by atoms with E-state index in [1.165, 1.54) is 12.1 Å². The predicted molar refractivity (Wildman–Crippen MR) is 58.8 cm³/mol. The zero-order valence-corrected chi connectivity index (χ0v) is 8.34. The number of hydrogen-bond acceptors (Lipinski definition) is 2. The molecule has 0 aliphatic carbocycles. The zero-order valence-electron chi connectivity index (χ0n) is 8.34. The number of pyridine rings is 1. The van der Waals surface area contributed by atoms with Crippen molar-refractivity contribution in [1.82, 2.24) is 14.8 Å². The highest BCUT2D eigenvalue weighted by molar-refractivity contribution is 5.78. The van der Waals surface area contributed by atoms with Crippen LogP contribution >= 0.6 is 0 Å². The zero-order chi connectivity index (χ0) is 11.0. The first kappa shape index (κ1) is 9.03. The van der Waals surface area contributed by atoms with Crippen LogP contribution in [0.2, 0.25) is 0 Å². The van der Waals surface area contributed by atoms with Gasteiger partial charge in [-0.3, -0.25) is 4.98 Å². The van der Waals surface area contributed by atoms with Gasteiger partial charge in [0.1, 0.15) is 5.82 Å². The third kappa shape index (κ3) is 1.35. The van der Waals surface area contributed by atoms with Crippen LogP contribution in [0.4, 0.5) is 4.39 Å². The van der Waals surface area contributed by atoms with Gasteiger partial charge in [0.05, 0.1) is 17.4 Å². The molecule has 0 spiro atoms. The second kappa shape index (κ2) is 3.41. The van der Waals surface area contributed by atoms with E-state index in [1.54, 1.807) is 35.4 Å². The van der Waals surface area contributed by atoms with E-state index >= 15 is 0 Å². The second-order valence-electron chi connectivity index (χ2n) is 3.47. The Morgan fingerprint density at radius 3 is 2.62 bits per heavy atom. The lowest BCUT2D eigenvalue weighted by Gasteiger charge is -2.02. The minimum Gasteiger partial charge on any atom is -0.264 e. The van der Waals surface area contributed by atoms with E-state index < -0.39 is 0 Å². The van der Waals surface area contributed by atoms with Gasteiger partial charge in [-0.05, 0) is 30.3 Å². The quantitative estimate of drug-likeness (QED) is 0.622. The summed E-state index contributed by atoms with van der Waals surface area (Å²) in [5, 5.41) is 5.21. The van der Waals surface area contributed by atoms with Gasteiger partial charge in [0.25, 0.3) is 0 Å². The molecule has 78 valence electrons. The number of hydrogen-bond donors (Lipinski definition) is 0. The van der Waals surface area contributed by atoms with Gasteiger partial charge in [-0.25, -0.2) is 9.07 Å². The summed E-state index contributed by atoms with van der Waals surface area (Å²) in [5.41, 5.74) is 1.80. The molecule has 3 aromatic rings. The summed E-state index contributed by atoms with van der Waals surface area (Å²) in [6.45, 7) is 0. The fourth-order valence-corrected chi connectivity index (χ4v) is 1.66. The van der Waals surface area contributed by atoms with Crippen molar-refractivity contribution in [3.05, 3.63) is 54.7 Å². The van der Waals surface area contributed by atoms with Crippen molar-refractivity contribution in [3.63, 3.8) is 0 Å². The molecular weight excluding hydrogens is 205 g/mol. The van der Waals surface area contributed by atoms with Crippen LogP contribution in [0, 0.1) is 5.82 Å². The maximum atomic E-state index is 12.8. The van der Waals surface area contributed by atoms with Gasteiger partial charge in [-0.15, -0.1) is 0 Å². The molecule has 0 aliphatic rings. The minimum absolute atomic E-state index is 0.248. The molecule has 0 N–H and O–H groups in total. The van der Waals surface area contributed by atoms with Crippen LogP contribution in [0.15, 0.2) is 48.9 Å². The Kier molecular flexibility index (Phi) is 1.93. The molecule has 0 atom stereocenters. The average Bonchev–Trinajstić information content (AvgIpc) is 2.74. The van der Waals surface area contributed by atoms with Crippen molar-refractivity contribution in [1.29, 1.82) is 0 Å². The van der Waals surface area contributed by atoms with Crippen LogP contribution in [-0.2, 0) is 0 Å². The molecule has 3 nitrogen and oxygen atoms in total. The van der Waals surface area contributed by atoms with Gasteiger partial charge in [0.15, 0.2) is 0 Å². The maximum Gasteiger partial charge on any atom is 0.123 e. The molecule has 16 heavy (non-hydrogen) atoms. The molecule has 0 saturated carbocycles. The second-order valence-corrected chi connectivity index (χ2v) is 3.47. The fraction of sp³-hybridized carbons (Fsp3) is 0.